The number of aliphatic hydroxyl groups excluding tert-OH is 1. The molecule has 1 aliphatic rings. The molecule has 17 heavy (non-hydrogen) atoms. The van der Waals surface area contributed by atoms with E-state index < -0.39 is 12.0 Å². The van der Waals surface area contributed by atoms with Crippen LogP contribution in [0.15, 0.2) is 0 Å². The number of urea groups is 1. The zero-order valence-corrected chi connectivity index (χ0v) is 10.1. The Morgan fingerprint density at radius 3 is 2.76 bits per heavy atom. The van der Waals surface area contributed by atoms with Gasteiger partial charge in [-0.3, -0.25) is 0 Å². The summed E-state index contributed by atoms with van der Waals surface area (Å²) in [6, 6.07) is -1.14. The van der Waals surface area contributed by atoms with Crippen molar-refractivity contribution in [3.05, 3.63) is 0 Å². The fraction of sp³-hybridized carbons (Fsp3) is 0.818. The quantitative estimate of drug-likeness (QED) is 0.647. The van der Waals surface area contributed by atoms with Crippen molar-refractivity contribution in [3.8, 4) is 0 Å². The highest BCUT2D eigenvalue weighted by atomic mass is 16.4. The van der Waals surface area contributed by atoms with Crippen LogP contribution in [0.2, 0.25) is 0 Å². The summed E-state index contributed by atoms with van der Waals surface area (Å²) >= 11 is 0. The Morgan fingerprint density at radius 1 is 1.53 bits per heavy atom. The van der Waals surface area contributed by atoms with Crippen molar-refractivity contribution in [2.45, 2.75) is 32.2 Å². The van der Waals surface area contributed by atoms with Crippen LogP contribution in [0.25, 0.3) is 0 Å². The van der Waals surface area contributed by atoms with E-state index in [9.17, 15) is 9.59 Å². The summed E-state index contributed by atoms with van der Waals surface area (Å²) in [6.45, 7) is 3.08. The number of aliphatic carboxylic acids is 1. The van der Waals surface area contributed by atoms with Gasteiger partial charge in [0.25, 0.3) is 0 Å². The second-order valence-electron chi connectivity index (χ2n) is 4.36. The topological polar surface area (TPSA) is 89.9 Å². The number of carboxylic acids is 1. The van der Waals surface area contributed by atoms with E-state index in [0.717, 1.165) is 6.42 Å². The molecule has 0 aromatic carbocycles. The number of rotatable bonds is 5. The van der Waals surface area contributed by atoms with Gasteiger partial charge in [-0.05, 0) is 25.2 Å². The predicted molar refractivity (Wildman–Crippen MR) is 61.6 cm³/mol. The van der Waals surface area contributed by atoms with Gasteiger partial charge in [0.2, 0.25) is 0 Å². The Labute approximate surface area is 101 Å². The first-order valence-electron chi connectivity index (χ1n) is 5.97. The molecule has 2 atom stereocenters. The van der Waals surface area contributed by atoms with Gasteiger partial charge in [0.05, 0.1) is 0 Å². The molecule has 3 N–H and O–H groups in total. The van der Waals surface area contributed by atoms with Gasteiger partial charge in [-0.2, -0.15) is 0 Å². The van der Waals surface area contributed by atoms with Crippen LogP contribution in [-0.2, 0) is 4.79 Å². The van der Waals surface area contributed by atoms with E-state index in [0.29, 0.717) is 31.8 Å². The number of carbonyl (C=O) groups is 2. The highest BCUT2D eigenvalue weighted by Crippen LogP contribution is 2.19. The first-order valence-corrected chi connectivity index (χ1v) is 5.97. The summed E-state index contributed by atoms with van der Waals surface area (Å²) in [5.41, 5.74) is 0. The Morgan fingerprint density at radius 2 is 2.24 bits per heavy atom. The van der Waals surface area contributed by atoms with Gasteiger partial charge in [0, 0.05) is 19.7 Å². The highest BCUT2D eigenvalue weighted by molar-refractivity contribution is 5.82. The lowest BCUT2D eigenvalue weighted by Gasteiger charge is -2.20. The molecule has 1 unspecified atom stereocenters. The number of nitrogens with zero attached hydrogens (tertiary/aromatic N) is 1. The molecule has 0 saturated carbocycles. The lowest BCUT2D eigenvalue weighted by molar-refractivity contribution is -0.139. The van der Waals surface area contributed by atoms with E-state index in [2.05, 4.69) is 5.32 Å². The molecule has 1 fully saturated rings. The Bertz CT molecular complexity index is 283. The maximum absolute atomic E-state index is 11.8. The van der Waals surface area contributed by atoms with Gasteiger partial charge in [-0.1, -0.05) is 6.92 Å². The van der Waals surface area contributed by atoms with Crippen molar-refractivity contribution < 1.29 is 19.8 Å². The van der Waals surface area contributed by atoms with Gasteiger partial charge in [0.15, 0.2) is 0 Å². The second kappa shape index (κ2) is 6.44. The maximum atomic E-state index is 11.8. The molecule has 1 aliphatic heterocycles. The van der Waals surface area contributed by atoms with Crippen molar-refractivity contribution >= 4 is 12.0 Å². The van der Waals surface area contributed by atoms with Crippen LogP contribution in [0, 0.1) is 5.92 Å². The van der Waals surface area contributed by atoms with Gasteiger partial charge in [-0.25, -0.2) is 9.59 Å². The monoisotopic (exact) mass is 244 g/mol. The third-order valence-electron chi connectivity index (χ3n) is 3.11. The molecule has 6 nitrogen and oxygen atoms in total. The van der Waals surface area contributed by atoms with Crippen molar-refractivity contribution in [2.75, 3.05) is 19.7 Å². The van der Waals surface area contributed by atoms with Crippen molar-refractivity contribution in [1.29, 1.82) is 0 Å². The molecule has 6 heteroatoms. The number of amides is 2. The lowest BCUT2D eigenvalue weighted by atomic mass is 10.1. The molecular weight excluding hydrogens is 224 g/mol. The first-order chi connectivity index (χ1) is 8.08. The van der Waals surface area contributed by atoms with E-state index in [-0.39, 0.29) is 12.6 Å². The van der Waals surface area contributed by atoms with Crippen molar-refractivity contribution in [3.63, 3.8) is 0 Å². The van der Waals surface area contributed by atoms with E-state index >= 15 is 0 Å². The molecule has 0 aliphatic carbocycles. The third kappa shape index (κ3) is 3.89. The minimum absolute atomic E-state index is 0.132. The highest BCUT2D eigenvalue weighted by Gasteiger charge is 2.28. The number of aliphatic hydroxyl groups is 1. The fourth-order valence-corrected chi connectivity index (χ4v) is 2.01. The summed E-state index contributed by atoms with van der Waals surface area (Å²) < 4.78 is 0. The molecule has 1 heterocycles. The molecule has 1 saturated heterocycles. The largest absolute Gasteiger partial charge is 0.480 e. The standard InChI is InChI=1S/C11H20N2O4/c1-2-9(10(15)16)12-11(17)13-5-3-8(7-13)4-6-14/h8-9,14H,2-7H2,1H3,(H,12,17)(H,15,16)/t8?,9-/m0/s1. The van der Waals surface area contributed by atoms with Gasteiger partial charge in [0.1, 0.15) is 6.04 Å². The van der Waals surface area contributed by atoms with E-state index in [1.807, 2.05) is 0 Å². The second-order valence-corrected chi connectivity index (χ2v) is 4.36. The average Bonchev–Trinajstić information content (AvgIpc) is 2.74. The van der Waals surface area contributed by atoms with Gasteiger partial charge >= 0.3 is 12.0 Å². The molecule has 0 aromatic rings. The molecule has 0 bridgehead atoms. The zero-order chi connectivity index (χ0) is 12.8. The Balaban J connectivity index is 2.41. The molecule has 2 amide bonds. The SMILES string of the molecule is CC[C@H](NC(=O)N1CCC(CCO)C1)C(=O)O. The predicted octanol–water partition coefficient (Wildman–Crippen LogP) is 0.263. The summed E-state index contributed by atoms with van der Waals surface area (Å²) in [5, 5.41) is 20.1. The number of hydrogen-bond donors (Lipinski definition) is 3. The molecule has 98 valence electrons. The van der Waals surface area contributed by atoms with Crippen LogP contribution in [0.5, 0.6) is 0 Å². The van der Waals surface area contributed by atoms with Crippen LogP contribution < -0.4 is 5.32 Å². The Hall–Kier alpha value is -1.30. The Kier molecular flexibility index (Phi) is 5.21. The number of hydrogen-bond acceptors (Lipinski definition) is 3. The van der Waals surface area contributed by atoms with Crippen molar-refractivity contribution in [2.24, 2.45) is 5.92 Å². The van der Waals surface area contributed by atoms with Crippen LogP contribution in [0.4, 0.5) is 4.79 Å². The van der Waals surface area contributed by atoms with Crippen LogP contribution >= 0.6 is 0 Å². The summed E-state index contributed by atoms with van der Waals surface area (Å²) in [5.74, 6) is -0.678. The maximum Gasteiger partial charge on any atom is 0.326 e. The molecule has 1 rings (SSSR count). The van der Waals surface area contributed by atoms with Crippen molar-refractivity contribution in [1.82, 2.24) is 10.2 Å². The van der Waals surface area contributed by atoms with Gasteiger partial charge < -0.3 is 20.4 Å². The minimum atomic E-state index is -1.01. The summed E-state index contributed by atoms with van der Waals surface area (Å²) in [6.07, 6.45) is 1.94. The fourth-order valence-electron chi connectivity index (χ4n) is 2.01. The normalized spacial score (nSPS) is 21.3. The molecule has 0 spiro atoms. The number of nitrogens with one attached hydrogen (secondary N) is 1. The third-order valence-corrected chi connectivity index (χ3v) is 3.11. The minimum Gasteiger partial charge on any atom is -0.480 e. The van der Waals surface area contributed by atoms with Crippen LogP contribution in [0.3, 0.4) is 0 Å². The number of likely N-dealkylation sites (tertiary alicyclic amines) is 1. The lowest BCUT2D eigenvalue weighted by Crippen LogP contribution is -2.47. The van der Waals surface area contributed by atoms with E-state index in [1.165, 1.54) is 0 Å². The van der Waals surface area contributed by atoms with Crippen LogP contribution in [0.1, 0.15) is 26.2 Å². The van der Waals surface area contributed by atoms with Crippen LogP contribution in [-0.4, -0.2) is 52.9 Å². The smallest absolute Gasteiger partial charge is 0.326 e. The molecular formula is C11H20N2O4. The first kappa shape index (κ1) is 13.8. The number of carboxylic acid groups (broad SMARTS) is 1. The average molecular weight is 244 g/mol. The van der Waals surface area contributed by atoms with E-state index in [4.69, 9.17) is 10.2 Å². The summed E-state index contributed by atoms with van der Waals surface area (Å²) in [4.78, 5) is 24.2. The number of carbonyl (C=O) groups excluding carboxylic acids is 1. The van der Waals surface area contributed by atoms with E-state index in [1.54, 1.807) is 11.8 Å². The molecule has 0 aromatic heterocycles. The molecule has 0 radical (unpaired) electrons. The zero-order valence-electron chi connectivity index (χ0n) is 10.1. The summed E-state index contributed by atoms with van der Waals surface area (Å²) in [7, 11) is 0. The van der Waals surface area contributed by atoms with Gasteiger partial charge in [-0.15, -0.1) is 0 Å².